The first-order chi connectivity index (χ1) is 17.5. The SMILES string of the molecule is [Ni+2].[O-]/C(=N\N=C\C1CCCC[N-]1)C1CCCCC1O.[O-]/C(=N\N=C\C1CCCC[N-]1)c1ccccc1O. The van der Waals surface area contributed by atoms with Crippen LogP contribution in [-0.2, 0) is 16.5 Å². The molecule has 1 aromatic rings. The first-order valence-electron chi connectivity index (χ1n) is 12.9. The van der Waals surface area contributed by atoms with Gasteiger partial charge in [-0.25, -0.2) is 0 Å². The Bertz CT molecular complexity index is 914. The van der Waals surface area contributed by atoms with Gasteiger partial charge in [0, 0.05) is 29.8 Å². The molecule has 3 fully saturated rings. The number of rotatable bonds is 6. The van der Waals surface area contributed by atoms with Crippen LogP contribution in [0.2, 0.25) is 0 Å². The predicted octanol–water partition coefficient (Wildman–Crippen LogP) is 2.62. The Morgan fingerprint density at radius 3 is 1.95 bits per heavy atom. The van der Waals surface area contributed by atoms with Crippen molar-refractivity contribution in [2.45, 2.75) is 82.4 Å². The molecule has 4 rings (SSSR count). The first kappa shape index (κ1) is 30.9. The van der Waals surface area contributed by atoms with Gasteiger partial charge < -0.3 is 31.1 Å². The molecule has 0 radical (unpaired) electrons. The van der Waals surface area contributed by atoms with Gasteiger partial charge in [0.25, 0.3) is 0 Å². The molecule has 1 saturated carbocycles. The van der Waals surface area contributed by atoms with Crippen LogP contribution in [-0.4, -0.2) is 65.7 Å². The number of hydrogen-bond donors (Lipinski definition) is 2. The van der Waals surface area contributed by atoms with Crippen molar-refractivity contribution in [2.24, 2.45) is 26.3 Å². The van der Waals surface area contributed by atoms with E-state index in [1.165, 1.54) is 12.1 Å². The number of phenols is 1. The summed E-state index contributed by atoms with van der Waals surface area (Å²) in [6, 6.07) is 6.47. The summed E-state index contributed by atoms with van der Waals surface area (Å²) < 4.78 is 0. The normalized spacial score (nSPS) is 27.4. The molecular weight excluding hydrogens is 519 g/mol. The topological polar surface area (TPSA) is 164 Å². The van der Waals surface area contributed by atoms with E-state index >= 15 is 0 Å². The van der Waals surface area contributed by atoms with Gasteiger partial charge in [0.05, 0.1) is 6.10 Å². The van der Waals surface area contributed by atoms with Gasteiger partial charge in [-0.15, -0.1) is 13.1 Å². The van der Waals surface area contributed by atoms with E-state index in [9.17, 15) is 20.4 Å². The smallest absolute Gasteiger partial charge is 0.860 e. The van der Waals surface area contributed by atoms with Gasteiger partial charge in [0.1, 0.15) is 5.75 Å². The summed E-state index contributed by atoms with van der Waals surface area (Å²) in [6.45, 7) is 1.73. The minimum atomic E-state index is -0.542. The second-order valence-corrected chi connectivity index (χ2v) is 9.29. The van der Waals surface area contributed by atoms with Crippen LogP contribution in [0.4, 0.5) is 0 Å². The van der Waals surface area contributed by atoms with Crippen molar-refractivity contribution in [2.75, 3.05) is 13.1 Å². The maximum atomic E-state index is 11.8. The minimum absolute atomic E-state index is 0. The van der Waals surface area contributed by atoms with E-state index in [1.54, 1.807) is 24.6 Å². The van der Waals surface area contributed by atoms with Crippen molar-refractivity contribution in [1.29, 1.82) is 0 Å². The van der Waals surface area contributed by atoms with Crippen LogP contribution < -0.4 is 10.2 Å². The Balaban J connectivity index is 0.000000253. The van der Waals surface area contributed by atoms with Crippen LogP contribution in [0.3, 0.4) is 0 Å². The van der Waals surface area contributed by atoms with Crippen molar-refractivity contribution in [1.82, 2.24) is 0 Å². The molecule has 2 heterocycles. The summed E-state index contributed by atoms with van der Waals surface area (Å²) >= 11 is 0. The van der Waals surface area contributed by atoms with E-state index in [0.717, 1.165) is 70.9 Å². The van der Waals surface area contributed by atoms with E-state index in [2.05, 4.69) is 31.0 Å². The van der Waals surface area contributed by atoms with Crippen LogP contribution >= 0.6 is 0 Å². The largest absolute Gasteiger partial charge is 2.00 e. The Morgan fingerprint density at radius 2 is 1.38 bits per heavy atom. The summed E-state index contributed by atoms with van der Waals surface area (Å²) in [5.74, 6) is -1.25. The summed E-state index contributed by atoms with van der Waals surface area (Å²) in [6.07, 6.45) is 12.7. The molecule has 206 valence electrons. The summed E-state index contributed by atoms with van der Waals surface area (Å²) in [4.78, 5) is 0. The van der Waals surface area contributed by atoms with E-state index in [-0.39, 0.29) is 51.7 Å². The molecule has 2 saturated heterocycles. The molecule has 1 aliphatic carbocycles. The van der Waals surface area contributed by atoms with Crippen LogP contribution in [0.25, 0.3) is 10.6 Å². The number of piperidine rings is 2. The molecule has 0 amide bonds. The number of aliphatic hydroxyl groups is 1. The molecule has 10 nitrogen and oxygen atoms in total. The van der Waals surface area contributed by atoms with Gasteiger partial charge in [-0.3, -0.25) is 0 Å². The van der Waals surface area contributed by atoms with Gasteiger partial charge in [0.2, 0.25) is 0 Å². The zero-order chi connectivity index (χ0) is 25.6. The molecule has 3 aliphatic rings. The monoisotopic (exact) mass is 554 g/mol. The van der Waals surface area contributed by atoms with Crippen LogP contribution in [0.1, 0.15) is 69.8 Å². The average molecular weight is 555 g/mol. The molecule has 2 aliphatic heterocycles. The van der Waals surface area contributed by atoms with E-state index < -0.39 is 12.0 Å². The fourth-order valence-corrected chi connectivity index (χ4v) is 4.38. The third-order valence-corrected chi connectivity index (χ3v) is 6.51. The molecule has 0 bridgehead atoms. The van der Waals surface area contributed by atoms with Crippen LogP contribution in [0.5, 0.6) is 5.75 Å². The van der Waals surface area contributed by atoms with E-state index in [4.69, 9.17) is 0 Å². The van der Waals surface area contributed by atoms with Crippen molar-refractivity contribution in [3.8, 4) is 5.75 Å². The van der Waals surface area contributed by atoms with Crippen molar-refractivity contribution in [3.05, 3.63) is 40.5 Å². The summed E-state index contributed by atoms with van der Waals surface area (Å²) in [5, 5.41) is 66.2. The van der Waals surface area contributed by atoms with Crippen LogP contribution in [0.15, 0.2) is 44.7 Å². The molecule has 0 aromatic heterocycles. The number of benzene rings is 1. The number of nitrogens with zero attached hydrogens (tertiary/aromatic N) is 6. The average Bonchev–Trinajstić information content (AvgIpc) is 2.91. The zero-order valence-electron chi connectivity index (χ0n) is 21.0. The van der Waals surface area contributed by atoms with Gasteiger partial charge >= 0.3 is 16.5 Å². The number of phenolic OH excluding ortho intramolecular Hbond substituents is 1. The molecule has 2 N–H and O–H groups in total. The zero-order valence-corrected chi connectivity index (χ0v) is 22.0. The Morgan fingerprint density at radius 1 is 0.811 bits per heavy atom. The van der Waals surface area contributed by atoms with E-state index in [0.29, 0.717) is 6.42 Å². The summed E-state index contributed by atoms with van der Waals surface area (Å²) in [7, 11) is 0. The molecule has 1 aromatic carbocycles. The third kappa shape index (κ3) is 10.9. The van der Waals surface area contributed by atoms with Crippen molar-refractivity contribution < 1.29 is 36.9 Å². The first-order valence-corrected chi connectivity index (χ1v) is 12.9. The molecular formula is C26H36N6NiO4-2. The second-order valence-electron chi connectivity index (χ2n) is 9.29. The third-order valence-electron chi connectivity index (χ3n) is 6.51. The maximum absolute atomic E-state index is 11.8. The number of hydrogen-bond acceptors (Lipinski definition) is 8. The molecule has 4 atom stereocenters. The standard InChI is InChI=1S/C13H22N3O2.C13H16N3O2.Ni/c2*17-12-7-2-1-6-11(12)13(18)16-15-9-10-5-3-4-8-14-10;/h9-12,17H,1-8H2,(H,16,18);1-2,6-7,9-10,17H,3-5,8H2,(H,16,18);/q2*-1;+2/p-2/b2*15-9+;. The number of aromatic hydroxyl groups is 1. The Labute approximate surface area is 229 Å². The number of aliphatic hydroxyl groups excluding tert-OH is 1. The van der Waals surface area contributed by atoms with Crippen molar-refractivity contribution in [3.63, 3.8) is 0 Å². The minimum Gasteiger partial charge on any atom is -0.860 e. The molecule has 4 unspecified atom stereocenters. The Kier molecular flexibility index (Phi) is 14.4. The Hall–Kier alpha value is -2.33. The quantitative estimate of drug-likeness (QED) is 0.239. The van der Waals surface area contributed by atoms with Gasteiger partial charge in [-0.1, -0.05) is 81.6 Å². The van der Waals surface area contributed by atoms with Gasteiger partial charge in [-0.05, 0) is 24.8 Å². The second kappa shape index (κ2) is 17.2. The fraction of sp³-hybridized carbons (Fsp3) is 0.615. The van der Waals surface area contributed by atoms with Crippen molar-refractivity contribution >= 4 is 24.2 Å². The molecule has 11 heteroatoms. The molecule has 37 heavy (non-hydrogen) atoms. The predicted molar refractivity (Wildman–Crippen MR) is 139 cm³/mol. The molecule has 0 spiro atoms. The summed E-state index contributed by atoms with van der Waals surface area (Å²) in [5.41, 5.74) is 0.162. The van der Waals surface area contributed by atoms with Gasteiger partial charge in [0.15, 0.2) is 0 Å². The maximum Gasteiger partial charge on any atom is 2.00 e. The van der Waals surface area contributed by atoms with Crippen LogP contribution in [0, 0.1) is 5.92 Å². The fourth-order valence-electron chi connectivity index (χ4n) is 4.38. The van der Waals surface area contributed by atoms with E-state index in [1.807, 2.05) is 0 Å². The van der Waals surface area contributed by atoms with Gasteiger partial charge in [-0.2, -0.15) is 20.4 Å². The number of para-hydroxylation sites is 1.